The van der Waals surface area contributed by atoms with Gasteiger partial charge in [0, 0.05) is 11.5 Å². The van der Waals surface area contributed by atoms with Crippen LogP contribution in [0.1, 0.15) is 26.7 Å². The van der Waals surface area contributed by atoms with Gasteiger partial charge in [0.15, 0.2) is 17.1 Å². The number of ether oxygens (including phenoxy) is 2. The Bertz CT molecular complexity index is 1110. The Morgan fingerprint density at radius 1 is 1.00 bits per heavy atom. The number of oxazole rings is 1. The smallest absolute Gasteiger partial charge is 0.262 e. The summed E-state index contributed by atoms with van der Waals surface area (Å²) in [6.07, 6.45) is 0. The Hall–Kier alpha value is -2.74. The van der Waals surface area contributed by atoms with Crippen LogP contribution >= 0.6 is 0 Å². The molecule has 1 aliphatic rings. The van der Waals surface area contributed by atoms with Crippen LogP contribution in [0.25, 0.3) is 11.1 Å². The number of nitrogens with one attached hydrogen (secondary N) is 1. The lowest BCUT2D eigenvalue weighted by Gasteiger charge is -2.19. The molecular weight excluding hydrogens is 368 g/mol. The fourth-order valence-corrected chi connectivity index (χ4v) is 3.78. The summed E-state index contributed by atoms with van der Waals surface area (Å²) in [5, 5.41) is 0. The highest BCUT2D eigenvalue weighted by Crippen LogP contribution is 2.33. The summed E-state index contributed by atoms with van der Waals surface area (Å²) < 4.78 is 44.7. The molecule has 0 unspecified atom stereocenters. The summed E-state index contributed by atoms with van der Waals surface area (Å²) in [7, 11) is -3.78. The van der Waals surface area contributed by atoms with Gasteiger partial charge in [-0.2, -0.15) is 0 Å². The fraction of sp³-hybridized carbons (Fsp3) is 0.316. The highest BCUT2D eigenvalue weighted by molar-refractivity contribution is 7.92. The van der Waals surface area contributed by atoms with Gasteiger partial charge in [0.1, 0.15) is 18.7 Å². The topological polar surface area (TPSA) is 90.7 Å². The van der Waals surface area contributed by atoms with Crippen LogP contribution in [0.3, 0.4) is 0 Å². The van der Waals surface area contributed by atoms with E-state index in [1.807, 2.05) is 20.8 Å². The van der Waals surface area contributed by atoms with Crippen LogP contribution in [0.2, 0.25) is 0 Å². The first-order valence-electron chi connectivity index (χ1n) is 8.56. The normalized spacial score (nSPS) is 14.3. The van der Waals surface area contributed by atoms with Crippen LogP contribution in [0.15, 0.2) is 45.7 Å². The number of hydrogen-bond donors (Lipinski definition) is 1. The predicted octanol–water partition coefficient (Wildman–Crippen LogP) is 3.70. The summed E-state index contributed by atoms with van der Waals surface area (Å²) in [5.74, 6) is 1.56. The second-order valence-electron chi connectivity index (χ2n) is 7.36. The van der Waals surface area contributed by atoms with Gasteiger partial charge in [0.05, 0.1) is 10.6 Å². The van der Waals surface area contributed by atoms with Gasteiger partial charge in [-0.3, -0.25) is 4.72 Å². The third-order valence-electron chi connectivity index (χ3n) is 4.11. The summed E-state index contributed by atoms with van der Waals surface area (Å²) in [4.78, 5) is 4.57. The number of hydrogen-bond acceptors (Lipinski definition) is 6. The average molecular weight is 388 g/mol. The van der Waals surface area contributed by atoms with Crippen molar-refractivity contribution in [3.05, 3.63) is 42.3 Å². The zero-order valence-corrected chi connectivity index (χ0v) is 16.1. The molecule has 1 aliphatic heterocycles. The number of anilines is 1. The average Bonchev–Trinajstić information content (AvgIpc) is 3.05. The molecule has 0 radical (unpaired) electrons. The van der Waals surface area contributed by atoms with E-state index in [1.54, 1.807) is 24.3 Å². The van der Waals surface area contributed by atoms with Crippen molar-refractivity contribution in [3.8, 4) is 11.5 Å². The van der Waals surface area contributed by atoms with E-state index in [-0.39, 0.29) is 10.3 Å². The molecule has 0 atom stereocenters. The van der Waals surface area contributed by atoms with Crippen LogP contribution in [-0.2, 0) is 15.4 Å². The molecule has 2 aromatic carbocycles. The number of aromatic nitrogens is 1. The quantitative estimate of drug-likeness (QED) is 0.736. The maximum absolute atomic E-state index is 12.7. The molecular formula is C19H20N2O5S. The van der Waals surface area contributed by atoms with Crippen LogP contribution in [0, 0.1) is 0 Å². The van der Waals surface area contributed by atoms with Gasteiger partial charge in [-0.05, 0) is 30.3 Å². The van der Waals surface area contributed by atoms with Crippen molar-refractivity contribution in [2.45, 2.75) is 31.1 Å². The van der Waals surface area contributed by atoms with Crippen molar-refractivity contribution in [2.75, 3.05) is 17.9 Å². The molecule has 8 heteroatoms. The van der Waals surface area contributed by atoms with Gasteiger partial charge in [0.25, 0.3) is 10.0 Å². The summed E-state index contributed by atoms with van der Waals surface area (Å²) >= 11 is 0. The molecule has 1 N–H and O–H groups in total. The monoisotopic (exact) mass is 388 g/mol. The predicted molar refractivity (Wildman–Crippen MR) is 101 cm³/mol. The van der Waals surface area contributed by atoms with Gasteiger partial charge in [0.2, 0.25) is 5.89 Å². The SMILES string of the molecule is CC(C)(C)c1nc2cc(NS(=O)(=O)c3ccc4c(c3)OCCO4)ccc2o1. The number of benzene rings is 2. The maximum atomic E-state index is 12.7. The van der Waals surface area contributed by atoms with E-state index in [0.29, 0.717) is 47.4 Å². The maximum Gasteiger partial charge on any atom is 0.262 e. The Morgan fingerprint density at radius 2 is 1.74 bits per heavy atom. The van der Waals surface area contributed by atoms with Crippen molar-refractivity contribution in [2.24, 2.45) is 0 Å². The molecule has 0 bridgehead atoms. The fourth-order valence-electron chi connectivity index (χ4n) is 2.72. The van der Waals surface area contributed by atoms with Crippen molar-refractivity contribution < 1.29 is 22.3 Å². The van der Waals surface area contributed by atoms with E-state index in [2.05, 4.69) is 9.71 Å². The number of fused-ring (bicyclic) bond motifs is 2. The van der Waals surface area contributed by atoms with E-state index < -0.39 is 10.0 Å². The van der Waals surface area contributed by atoms with E-state index in [0.717, 1.165) is 0 Å². The molecule has 0 saturated carbocycles. The van der Waals surface area contributed by atoms with Crippen LogP contribution in [-0.4, -0.2) is 26.6 Å². The first-order chi connectivity index (χ1) is 12.7. The van der Waals surface area contributed by atoms with E-state index in [4.69, 9.17) is 13.9 Å². The zero-order valence-electron chi connectivity index (χ0n) is 15.3. The standard InChI is InChI=1S/C19H20N2O5S/c1-19(2,3)18-20-14-10-12(4-6-15(14)26-18)21-27(22,23)13-5-7-16-17(11-13)25-9-8-24-16/h4-7,10-11,21H,8-9H2,1-3H3. The zero-order chi connectivity index (χ0) is 19.2. The molecule has 7 nitrogen and oxygen atoms in total. The van der Waals surface area contributed by atoms with Crippen molar-refractivity contribution in [1.29, 1.82) is 0 Å². The second kappa shape index (κ2) is 6.16. The van der Waals surface area contributed by atoms with E-state index in [1.165, 1.54) is 12.1 Å². The molecule has 0 saturated heterocycles. The highest BCUT2D eigenvalue weighted by atomic mass is 32.2. The van der Waals surface area contributed by atoms with Crippen LogP contribution in [0.4, 0.5) is 5.69 Å². The summed E-state index contributed by atoms with van der Waals surface area (Å²) in [6.45, 7) is 6.85. The lowest BCUT2D eigenvalue weighted by Crippen LogP contribution is -2.17. The van der Waals surface area contributed by atoms with Gasteiger partial charge < -0.3 is 13.9 Å². The van der Waals surface area contributed by atoms with Gasteiger partial charge in [-0.25, -0.2) is 13.4 Å². The molecule has 2 heterocycles. The van der Waals surface area contributed by atoms with Crippen molar-refractivity contribution in [3.63, 3.8) is 0 Å². The first kappa shape index (κ1) is 17.7. The lowest BCUT2D eigenvalue weighted by atomic mass is 9.97. The highest BCUT2D eigenvalue weighted by Gasteiger charge is 2.22. The molecule has 142 valence electrons. The Labute approximate surface area is 157 Å². The minimum Gasteiger partial charge on any atom is -0.486 e. The summed E-state index contributed by atoms with van der Waals surface area (Å²) in [6, 6.07) is 9.56. The van der Waals surface area contributed by atoms with Gasteiger partial charge in [-0.15, -0.1) is 0 Å². The number of rotatable bonds is 3. The van der Waals surface area contributed by atoms with Crippen molar-refractivity contribution in [1.82, 2.24) is 4.98 Å². The van der Waals surface area contributed by atoms with Crippen LogP contribution in [0.5, 0.6) is 11.5 Å². The van der Waals surface area contributed by atoms with Crippen LogP contribution < -0.4 is 14.2 Å². The molecule has 3 aromatic rings. The third kappa shape index (κ3) is 3.44. The first-order valence-corrected chi connectivity index (χ1v) is 10.0. The summed E-state index contributed by atoms with van der Waals surface area (Å²) in [5.41, 5.74) is 1.39. The Morgan fingerprint density at radius 3 is 2.48 bits per heavy atom. The van der Waals surface area contributed by atoms with Gasteiger partial charge >= 0.3 is 0 Å². The largest absolute Gasteiger partial charge is 0.486 e. The Balaban J connectivity index is 1.64. The lowest BCUT2D eigenvalue weighted by molar-refractivity contribution is 0.171. The van der Waals surface area contributed by atoms with E-state index in [9.17, 15) is 8.42 Å². The molecule has 0 fully saturated rings. The molecule has 0 amide bonds. The number of sulfonamides is 1. The molecule has 0 aliphatic carbocycles. The minimum atomic E-state index is -3.78. The third-order valence-corrected chi connectivity index (χ3v) is 5.48. The van der Waals surface area contributed by atoms with E-state index >= 15 is 0 Å². The Kier molecular flexibility index (Phi) is 4.03. The van der Waals surface area contributed by atoms with Gasteiger partial charge in [-0.1, -0.05) is 20.8 Å². The van der Waals surface area contributed by atoms with Crippen molar-refractivity contribution >= 4 is 26.8 Å². The molecule has 4 rings (SSSR count). The minimum absolute atomic E-state index is 0.0994. The molecule has 27 heavy (non-hydrogen) atoms. The molecule has 1 aromatic heterocycles. The number of nitrogens with zero attached hydrogens (tertiary/aromatic N) is 1. The molecule has 0 spiro atoms. The second-order valence-corrected chi connectivity index (χ2v) is 9.04.